The van der Waals surface area contributed by atoms with Crippen molar-refractivity contribution in [3.05, 3.63) is 83.7 Å². The fraction of sp³-hybridized carbons (Fsp3) is 0.200. The molecule has 0 atom stereocenters. The van der Waals surface area contributed by atoms with Crippen LogP contribution < -0.4 is 10.2 Å². The number of nitrogens with zero attached hydrogens (tertiary/aromatic N) is 2. The monoisotopic (exact) mass is 335 g/mol. The molecule has 0 fully saturated rings. The first-order valence-corrected chi connectivity index (χ1v) is 8.37. The maximum atomic E-state index is 12.4. The van der Waals surface area contributed by atoms with Gasteiger partial charge in [-0.1, -0.05) is 42.5 Å². The van der Waals surface area contributed by atoms with Crippen LogP contribution >= 0.6 is 0 Å². The maximum absolute atomic E-state index is 12.4. The molecule has 1 amide bonds. The minimum atomic E-state index is -0.116. The fourth-order valence-electron chi connectivity index (χ4n) is 2.72. The molecule has 0 aliphatic rings. The number of carbonyl (C=O) groups is 1. The van der Waals surface area contributed by atoms with Crippen molar-refractivity contribution in [1.29, 1.82) is 0 Å². The summed E-state index contributed by atoms with van der Waals surface area (Å²) in [6.45, 7) is 1.44. The molecule has 0 bridgehead atoms. The molecule has 0 saturated heterocycles. The first-order chi connectivity index (χ1) is 12.1. The van der Waals surface area contributed by atoms with Gasteiger partial charge in [0, 0.05) is 18.3 Å². The second-order valence-electron chi connectivity index (χ2n) is 6.34. The van der Waals surface area contributed by atoms with Crippen LogP contribution in [-0.4, -0.2) is 29.8 Å². The van der Waals surface area contributed by atoms with E-state index in [1.807, 2.05) is 42.5 Å². The molecule has 5 heteroatoms. The number of benzene rings is 2. The quantitative estimate of drug-likeness (QED) is 0.716. The number of hydrogen-bond donors (Lipinski definition) is 2. The molecule has 0 aliphatic heterocycles. The van der Waals surface area contributed by atoms with Crippen LogP contribution in [0.25, 0.3) is 5.69 Å². The number of hydrogen-bond acceptors (Lipinski definition) is 2. The topological polar surface area (TPSA) is 51.4 Å². The highest BCUT2D eigenvalue weighted by atomic mass is 16.1. The normalized spacial score (nSPS) is 10.8. The number of quaternary nitrogens is 1. The number of rotatable bonds is 6. The average molecular weight is 335 g/mol. The molecule has 25 heavy (non-hydrogen) atoms. The van der Waals surface area contributed by atoms with E-state index in [1.165, 1.54) is 10.5 Å². The molecule has 0 saturated carbocycles. The van der Waals surface area contributed by atoms with Crippen LogP contribution in [0.15, 0.2) is 67.0 Å². The Morgan fingerprint density at radius 2 is 1.72 bits per heavy atom. The number of carbonyl (C=O) groups excluding carboxylic acids is 1. The molecule has 0 spiro atoms. The van der Waals surface area contributed by atoms with E-state index in [1.54, 1.807) is 17.1 Å². The summed E-state index contributed by atoms with van der Waals surface area (Å²) in [7, 11) is 4.24. The van der Waals surface area contributed by atoms with Gasteiger partial charge in [-0.05, 0) is 17.7 Å². The SMILES string of the molecule is C[NH+](C)Cc1ccccc1CNC(=O)c1cnn(-c2ccccc2)c1. The molecule has 2 aromatic carbocycles. The lowest BCUT2D eigenvalue weighted by atomic mass is 10.1. The first kappa shape index (κ1) is 16.9. The lowest BCUT2D eigenvalue weighted by Gasteiger charge is -2.12. The Bertz CT molecular complexity index is 840. The van der Waals surface area contributed by atoms with Crippen molar-refractivity contribution in [2.75, 3.05) is 14.1 Å². The number of amides is 1. The molecule has 128 valence electrons. The van der Waals surface area contributed by atoms with Crippen LogP contribution in [-0.2, 0) is 13.1 Å². The summed E-state index contributed by atoms with van der Waals surface area (Å²) in [5.74, 6) is -0.116. The van der Waals surface area contributed by atoms with E-state index >= 15 is 0 Å². The van der Waals surface area contributed by atoms with Crippen molar-refractivity contribution in [3.8, 4) is 5.69 Å². The van der Waals surface area contributed by atoms with Crippen LogP contribution in [0.3, 0.4) is 0 Å². The van der Waals surface area contributed by atoms with Gasteiger partial charge in [0.2, 0.25) is 0 Å². The van der Waals surface area contributed by atoms with Gasteiger partial charge in [0.15, 0.2) is 0 Å². The molecule has 0 radical (unpaired) electrons. The van der Waals surface area contributed by atoms with E-state index in [-0.39, 0.29) is 5.91 Å². The second kappa shape index (κ2) is 7.77. The lowest BCUT2D eigenvalue weighted by molar-refractivity contribution is -0.872. The third kappa shape index (κ3) is 4.33. The molecular formula is C20H23N4O+. The third-order valence-electron chi connectivity index (χ3n) is 3.97. The molecule has 1 aromatic heterocycles. The highest BCUT2D eigenvalue weighted by Gasteiger charge is 2.11. The van der Waals surface area contributed by atoms with Crippen molar-refractivity contribution < 1.29 is 9.69 Å². The first-order valence-electron chi connectivity index (χ1n) is 8.37. The zero-order chi connectivity index (χ0) is 17.6. The Labute approximate surface area is 147 Å². The van der Waals surface area contributed by atoms with Crippen LogP contribution in [0.1, 0.15) is 21.5 Å². The Hall–Kier alpha value is -2.92. The van der Waals surface area contributed by atoms with Crippen LogP contribution in [0.5, 0.6) is 0 Å². The molecule has 0 unspecified atom stereocenters. The molecule has 2 N–H and O–H groups in total. The Kier molecular flexibility index (Phi) is 5.26. The minimum Gasteiger partial charge on any atom is -0.348 e. The summed E-state index contributed by atoms with van der Waals surface area (Å²) in [5, 5.41) is 7.26. The molecular weight excluding hydrogens is 312 g/mol. The summed E-state index contributed by atoms with van der Waals surface area (Å²) < 4.78 is 1.71. The van der Waals surface area contributed by atoms with Gasteiger partial charge in [0.25, 0.3) is 5.91 Å². The number of para-hydroxylation sites is 1. The van der Waals surface area contributed by atoms with Gasteiger partial charge < -0.3 is 10.2 Å². The Morgan fingerprint density at radius 3 is 2.44 bits per heavy atom. The predicted molar refractivity (Wildman–Crippen MR) is 97.7 cm³/mol. The van der Waals surface area contributed by atoms with E-state index in [9.17, 15) is 4.79 Å². The van der Waals surface area contributed by atoms with Crippen LogP contribution in [0.4, 0.5) is 0 Å². The van der Waals surface area contributed by atoms with E-state index in [0.29, 0.717) is 12.1 Å². The van der Waals surface area contributed by atoms with Crippen molar-refractivity contribution in [1.82, 2.24) is 15.1 Å². The van der Waals surface area contributed by atoms with Gasteiger partial charge in [-0.15, -0.1) is 0 Å². The number of aromatic nitrogens is 2. The standard InChI is InChI=1S/C20H22N4O/c1-23(2)14-17-9-7-6-8-16(17)12-21-20(25)18-13-22-24(15-18)19-10-4-3-5-11-19/h3-11,13,15H,12,14H2,1-2H3,(H,21,25)/p+1. The minimum absolute atomic E-state index is 0.116. The highest BCUT2D eigenvalue weighted by molar-refractivity contribution is 5.93. The van der Waals surface area contributed by atoms with Crippen molar-refractivity contribution in [2.45, 2.75) is 13.1 Å². The van der Waals surface area contributed by atoms with E-state index in [2.05, 4.69) is 36.6 Å². The van der Waals surface area contributed by atoms with Crippen molar-refractivity contribution in [2.24, 2.45) is 0 Å². The lowest BCUT2D eigenvalue weighted by Crippen LogP contribution is -3.04. The summed E-state index contributed by atoms with van der Waals surface area (Å²) in [5.41, 5.74) is 3.88. The molecule has 3 aromatic rings. The second-order valence-corrected chi connectivity index (χ2v) is 6.34. The largest absolute Gasteiger partial charge is 0.348 e. The molecule has 0 aliphatic carbocycles. The van der Waals surface area contributed by atoms with Crippen LogP contribution in [0.2, 0.25) is 0 Å². The average Bonchev–Trinajstić information content (AvgIpc) is 3.11. The van der Waals surface area contributed by atoms with Gasteiger partial charge in [-0.25, -0.2) is 4.68 Å². The zero-order valence-corrected chi connectivity index (χ0v) is 14.6. The summed E-state index contributed by atoms with van der Waals surface area (Å²) in [6, 6.07) is 18.0. The van der Waals surface area contributed by atoms with Gasteiger partial charge in [0.05, 0.1) is 31.5 Å². The van der Waals surface area contributed by atoms with E-state index < -0.39 is 0 Å². The highest BCUT2D eigenvalue weighted by Crippen LogP contribution is 2.10. The summed E-state index contributed by atoms with van der Waals surface area (Å²) >= 11 is 0. The smallest absolute Gasteiger partial charge is 0.254 e. The van der Waals surface area contributed by atoms with Crippen LogP contribution in [0, 0.1) is 0 Å². The molecule has 1 heterocycles. The predicted octanol–water partition coefficient (Wildman–Crippen LogP) is 1.45. The van der Waals surface area contributed by atoms with E-state index in [4.69, 9.17) is 0 Å². The van der Waals surface area contributed by atoms with Gasteiger partial charge in [-0.3, -0.25) is 4.79 Å². The molecule has 5 nitrogen and oxygen atoms in total. The Morgan fingerprint density at radius 1 is 1.04 bits per heavy atom. The molecule has 3 rings (SSSR count). The van der Waals surface area contributed by atoms with Crippen molar-refractivity contribution in [3.63, 3.8) is 0 Å². The fourth-order valence-corrected chi connectivity index (χ4v) is 2.72. The van der Waals surface area contributed by atoms with Crippen molar-refractivity contribution >= 4 is 5.91 Å². The van der Waals surface area contributed by atoms with Gasteiger partial charge in [0.1, 0.15) is 6.54 Å². The summed E-state index contributed by atoms with van der Waals surface area (Å²) in [6.07, 6.45) is 3.35. The van der Waals surface area contributed by atoms with Gasteiger partial charge >= 0.3 is 0 Å². The third-order valence-corrected chi connectivity index (χ3v) is 3.97. The Balaban J connectivity index is 1.67. The maximum Gasteiger partial charge on any atom is 0.254 e. The number of nitrogens with one attached hydrogen (secondary N) is 2. The summed E-state index contributed by atoms with van der Waals surface area (Å²) in [4.78, 5) is 13.8. The van der Waals surface area contributed by atoms with E-state index in [0.717, 1.165) is 17.8 Å². The van der Waals surface area contributed by atoms with Gasteiger partial charge in [-0.2, -0.15) is 5.10 Å². The zero-order valence-electron chi connectivity index (χ0n) is 14.6.